The molecular weight excluding hydrogens is 248 g/mol. The van der Waals surface area contributed by atoms with Crippen LogP contribution in [0.15, 0.2) is 24.5 Å². The van der Waals surface area contributed by atoms with E-state index in [1.54, 1.807) is 6.07 Å². The van der Waals surface area contributed by atoms with Gasteiger partial charge in [-0.2, -0.15) is 0 Å². The number of anilines is 1. The van der Waals surface area contributed by atoms with Gasteiger partial charge in [0.2, 0.25) is 0 Å². The van der Waals surface area contributed by atoms with Crippen molar-refractivity contribution in [3.05, 3.63) is 34.6 Å². The van der Waals surface area contributed by atoms with Crippen molar-refractivity contribution in [3.63, 3.8) is 0 Å². The van der Waals surface area contributed by atoms with Crippen molar-refractivity contribution >= 4 is 22.4 Å². The standard InChI is InChI=1S/C12H12N4O3/c17-6-8-4-15(5-8)12-10-3-9(16(18)19)1-2-11(10)13-7-14-12/h1-3,7-8,17H,4-6H2. The first-order valence-electron chi connectivity index (χ1n) is 5.94. The number of hydrogen-bond donors (Lipinski definition) is 1. The van der Waals surface area contributed by atoms with Gasteiger partial charge in [0.1, 0.15) is 12.1 Å². The monoisotopic (exact) mass is 260 g/mol. The predicted octanol–water partition coefficient (Wildman–Crippen LogP) is 0.966. The highest BCUT2D eigenvalue weighted by Crippen LogP contribution is 2.30. The van der Waals surface area contributed by atoms with Crippen LogP contribution < -0.4 is 4.90 Å². The molecule has 98 valence electrons. The van der Waals surface area contributed by atoms with E-state index in [-0.39, 0.29) is 18.2 Å². The number of hydrogen-bond acceptors (Lipinski definition) is 6. The molecule has 1 aliphatic rings. The third-order valence-electron chi connectivity index (χ3n) is 3.32. The summed E-state index contributed by atoms with van der Waals surface area (Å²) in [5, 5.41) is 20.5. The largest absolute Gasteiger partial charge is 0.396 e. The normalized spacial score (nSPS) is 15.5. The summed E-state index contributed by atoms with van der Waals surface area (Å²) in [5.41, 5.74) is 0.714. The summed E-state index contributed by atoms with van der Waals surface area (Å²) >= 11 is 0. The Bertz CT molecular complexity index is 640. The van der Waals surface area contributed by atoms with Crippen LogP contribution in [0.1, 0.15) is 0 Å². The molecule has 2 aromatic rings. The molecule has 0 amide bonds. The van der Waals surface area contributed by atoms with Crippen LogP contribution in [-0.4, -0.2) is 39.7 Å². The predicted molar refractivity (Wildman–Crippen MR) is 69.0 cm³/mol. The lowest BCUT2D eigenvalue weighted by molar-refractivity contribution is -0.384. The molecule has 0 spiro atoms. The molecular formula is C12H12N4O3. The Labute approximate surface area is 108 Å². The number of nitro benzene ring substituents is 1. The van der Waals surface area contributed by atoms with E-state index in [0.717, 1.165) is 0 Å². The van der Waals surface area contributed by atoms with Crippen LogP contribution >= 0.6 is 0 Å². The minimum absolute atomic E-state index is 0.0304. The number of aromatic nitrogens is 2. The van der Waals surface area contributed by atoms with Crippen molar-refractivity contribution in [2.45, 2.75) is 0 Å². The Morgan fingerprint density at radius 2 is 2.21 bits per heavy atom. The molecule has 0 aliphatic carbocycles. The van der Waals surface area contributed by atoms with Crippen molar-refractivity contribution < 1.29 is 10.0 Å². The van der Waals surface area contributed by atoms with Crippen LogP contribution in [0.3, 0.4) is 0 Å². The van der Waals surface area contributed by atoms with Crippen LogP contribution in [0.2, 0.25) is 0 Å². The zero-order valence-corrected chi connectivity index (χ0v) is 10.1. The highest BCUT2D eigenvalue weighted by Gasteiger charge is 2.28. The molecule has 3 rings (SSSR count). The molecule has 7 heteroatoms. The van der Waals surface area contributed by atoms with Gasteiger partial charge in [-0.15, -0.1) is 0 Å². The van der Waals surface area contributed by atoms with Gasteiger partial charge < -0.3 is 10.0 Å². The first-order valence-corrected chi connectivity index (χ1v) is 5.94. The van der Waals surface area contributed by atoms with E-state index in [1.165, 1.54) is 18.5 Å². The molecule has 1 N–H and O–H groups in total. The molecule has 0 radical (unpaired) electrons. The SMILES string of the molecule is O=[N+]([O-])c1ccc2ncnc(N3CC(CO)C3)c2c1. The van der Waals surface area contributed by atoms with Crippen LogP contribution in [0, 0.1) is 16.0 Å². The number of nitro groups is 1. The Morgan fingerprint density at radius 3 is 2.89 bits per heavy atom. The Kier molecular flexibility index (Phi) is 2.75. The van der Waals surface area contributed by atoms with Crippen molar-refractivity contribution in [2.24, 2.45) is 5.92 Å². The van der Waals surface area contributed by atoms with Crippen molar-refractivity contribution in [2.75, 3.05) is 24.6 Å². The fraction of sp³-hybridized carbons (Fsp3) is 0.333. The molecule has 1 saturated heterocycles. The second kappa shape index (κ2) is 4.43. The lowest BCUT2D eigenvalue weighted by Gasteiger charge is -2.39. The topological polar surface area (TPSA) is 92.4 Å². The number of non-ortho nitro benzene ring substituents is 1. The quantitative estimate of drug-likeness (QED) is 0.653. The summed E-state index contributed by atoms with van der Waals surface area (Å²) in [6.45, 7) is 1.58. The van der Waals surface area contributed by atoms with Crippen molar-refractivity contribution in [3.8, 4) is 0 Å². The first-order chi connectivity index (χ1) is 9.19. The van der Waals surface area contributed by atoms with Gasteiger partial charge in [-0.25, -0.2) is 9.97 Å². The Balaban J connectivity index is 2.04. The molecule has 19 heavy (non-hydrogen) atoms. The summed E-state index contributed by atoms with van der Waals surface area (Å²) in [4.78, 5) is 20.7. The number of aliphatic hydroxyl groups is 1. The van der Waals surface area contributed by atoms with Crippen LogP contribution in [0.5, 0.6) is 0 Å². The second-order valence-corrected chi connectivity index (χ2v) is 4.61. The summed E-state index contributed by atoms with van der Waals surface area (Å²) in [6, 6.07) is 4.56. The average Bonchev–Trinajstić information content (AvgIpc) is 2.37. The number of benzene rings is 1. The summed E-state index contributed by atoms with van der Waals surface area (Å²) < 4.78 is 0. The Hall–Kier alpha value is -2.28. The molecule has 0 bridgehead atoms. The molecule has 1 aromatic carbocycles. The molecule has 0 atom stereocenters. The van der Waals surface area contributed by atoms with Crippen LogP contribution in [-0.2, 0) is 0 Å². The first kappa shape index (κ1) is 11.8. The highest BCUT2D eigenvalue weighted by molar-refractivity contribution is 5.91. The van der Waals surface area contributed by atoms with Crippen molar-refractivity contribution in [1.29, 1.82) is 0 Å². The maximum atomic E-state index is 10.8. The van der Waals surface area contributed by atoms with Gasteiger partial charge >= 0.3 is 0 Å². The molecule has 2 heterocycles. The van der Waals surface area contributed by atoms with E-state index < -0.39 is 4.92 Å². The van der Waals surface area contributed by atoms with Gasteiger partial charge in [-0.3, -0.25) is 10.1 Å². The third kappa shape index (κ3) is 1.97. The van der Waals surface area contributed by atoms with Gasteiger partial charge in [0.25, 0.3) is 5.69 Å². The molecule has 1 aliphatic heterocycles. The summed E-state index contributed by atoms with van der Waals surface area (Å²) in [7, 11) is 0. The number of aliphatic hydroxyl groups excluding tert-OH is 1. The minimum Gasteiger partial charge on any atom is -0.396 e. The molecule has 0 saturated carbocycles. The van der Waals surface area contributed by atoms with E-state index in [0.29, 0.717) is 29.8 Å². The summed E-state index contributed by atoms with van der Waals surface area (Å²) in [5.74, 6) is 0.946. The number of fused-ring (bicyclic) bond motifs is 1. The van der Waals surface area contributed by atoms with Crippen LogP contribution in [0.25, 0.3) is 10.9 Å². The maximum Gasteiger partial charge on any atom is 0.270 e. The fourth-order valence-electron chi connectivity index (χ4n) is 2.25. The van der Waals surface area contributed by atoms with Crippen molar-refractivity contribution in [1.82, 2.24) is 9.97 Å². The lowest BCUT2D eigenvalue weighted by Crippen LogP contribution is -2.48. The molecule has 1 fully saturated rings. The number of rotatable bonds is 3. The lowest BCUT2D eigenvalue weighted by atomic mass is 10.0. The van der Waals surface area contributed by atoms with E-state index in [4.69, 9.17) is 5.11 Å². The third-order valence-corrected chi connectivity index (χ3v) is 3.32. The summed E-state index contributed by atoms with van der Waals surface area (Å²) in [6.07, 6.45) is 1.45. The van der Waals surface area contributed by atoms with E-state index in [2.05, 4.69) is 9.97 Å². The van der Waals surface area contributed by atoms with Gasteiger partial charge in [0.15, 0.2) is 0 Å². The highest BCUT2D eigenvalue weighted by atomic mass is 16.6. The maximum absolute atomic E-state index is 10.8. The van der Waals surface area contributed by atoms with E-state index in [9.17, 15) is 10.1 Å². The number of nitrogens with zero attached hydrogens (tertiary/aromatic N) is 4. The Morgan fingerprint density at radius 1 is 1.42 bits per heavy atom. The molecule has 0 unspecified atom stereocenters. The van der Waals surface area contributed by atoms with Gasteiger partial charge in [-0.1, -0.05) is 0 Å². The minimum atomic E-state index is -0.428. The zero-order valence-electron chi connectivity index (χ0n) is 10.1. The van der Waals surface area contributed by atoms with Gasteiger partial charge in [0.05, 0.1) is 10.4 Å². The van der Waals surface area contributed by atoms with Gasteiger partial charge in [0, 0.05) is 43.1 Å². The molecule has 7 nitrogen and oxygen atoms in total. The molecule has 1 aromatic heterocycles. The average molecular weight is 260 g/mol. The second-order valence-electron chi connectivity index (χ2n) is 4.61. The van der Waals surface area contributed by atoms with E-state index >= 15 is 0 Å². The smallest absolute Gasteiger partial charge is 0.270 e. The van der Waals surface area contributed by atoms with Gasteiger partial charge in [-0.05, 0) is 6.07 Å². The zero-order chi connectivity index (χ0) is 13.4. The van der Waals surface area contributed by atoms with Crippen LogP contribution in [0.4, 0.5) is 11.5 Å². The van der Waals surface area contributed by atoms with E-state index in [1.807, 2.05) is 4.90 Å². The fourth-order valence-corrected chi connectivity index (χ4v) is 2.25.